The van der Waals surface area contributed by atoms with Gasteiger partial charge in [-0.05, 0) is 55.0 Å². The van der Waals surface area contributed by atoms with Crippen LogP contribution in [-0.4, -0.2) is 34.8 Å². The molecule has 0 unspecified atom stereocenters. The van der Waals surface area contributed by atoms with E-state index in [2.05, 4.69) is 4.98 Å². The summed E-state index contributed by atoms with van der Waals surface area (Å²) in [5, 5.41) is 0.960. The van der Waals surface area contributed by atoms with Gasteiger partial charge in [-0.1, -0.05) is 18.2 Å². The molecule has 0 aliphatic carbocycles. The number of thiophene rings is 1. The van der Waals surface area contributed by atoms with Gasteiger partial charge in [-0.25, -0.2) is 9.37 Å². The van der Waals surface area contributed by atoms with Crippen LogP contribution < -0.4 is 5.73 Å². The number of aryl methyl sites for hydroxylation is 2. The Morgan fingerprint density at radius 3 is 2.93 bits per heavy atom. The summed E-state index contributed by atoms with van der Waals surface area (Å²) in [6, 6.07) is 8.93. The second-order valence-electron chi connectivity index (χ2n) is 7.83. The molecule has 0 saturated carbocycles. The average Bonchev–Trinajstić information content (AvgIpc) is 3.35. The van der Waals surface area contributed by atoms with Gasteiger partial charge in [0.25, 0.3) is 5.91 Å². The second kappa shape index (κ2) is 8.52. The highest BCUT2D eigenvalue weighted by molar-refractivity contribution is 7.20. The molecule has 2 aromatic heterocycles. The quantitative estimate of drug-likeness (QED) is 0.644. The number of hydrogen-bond acceptors (Lipinski definition) is 4. The Balaban J connectivity index is 1.40. The smallest absolute Gasteiger partial charge is 0.259 e. The Bertz CT molecular complexity index is 1110. The lowest BCUT2D eigenvalue weighted by molar-refractivity contribution is -0.130. The van der Waals surface area contributed by atoms with E-state index in [9.17, 15) is 14.0 Å². The van der Waals surface area contributed by atoms with Gasteiger partial charge < -0.3 is 10.6 Å². The number of fused-ring (bicyclic) bond motifs is 1. The van der Waals surface area contributed by atoms with E-state index >= 15 is 0 Å². The van der Waals surface area contributed by atoms with Crippen LogP contribution in [-0.2, 0) is 11.2 Å². The monoisotopic (exact) mass is 425 g/mol. The van der Waals surface area contributed by atoms with E-state index in [1.807, 2.05) is 23.1 Å². The number of likely N-dealkylation sites (tertiary alicyclic amines) is 1. The molecule has 1 saturated heterocycles. The number of halogens is 1. The Morgan fingerprint density at radius 1 is 1.33 bits per heavy atom. The summed E-state index contributed by atoms with van der Waals surface area (Å²) in [5.74, 6) is -0.430. The number of primary amides is 1. The lowest BCUT2D eigenvalue weighted by atomic mass is 9.95. The van der Waals surface area contributed by atoms with E-state index < -0.39 is 5.91 Å². The first-order valence-electron chi connectivity index (χ1n) is 10.1. The first kappa shape index (κ1) is 20.5. The zero-order chi connectivity index (χ0) is 21.3. The van der Waals surface area contributed by atoms with Gasteiger partial charge in [0.2, 0.25) is 5.91 Å². The van der Waals surface area contributed by atoms with Crippen molar-refractivity contribution in [2.24, 2.45) is 5.73 Å². The van der Waals surface area contributed by atoms with Crippen molar-refractivity contribution in [2.75, 3.05) is 13.1 Å². The summed E-state index contributed by atoms with van der Waals surface area (Å²) >= 11 is 1.33. The van der Waals surface area contributed by atoms with Crippen LogP contribution in [0.2, 0.25) is 0 Å². The average molecular weight is 426 g/mol. The number of nitrogens with two attached hydrogens (primary N) is 1. The molecule has 1 aliphatic heterocycles. The predicted molar refractivity (Wildman–Crippen MR) is 116 cm³/mol. The highest BCUT2D eigenvalue weighted by atomic mass is 32.1. The van der Waals surface area contributed by atoms with Gasteiger partial charge in [0.15, 0.2) is 0 Å². The number of nitrogens with zero attached hydrogens (tertiary/aromatic N) is 2. The molecule has 0 spiro atoms. The molecular weight excluding hydrogens is 401 g/mol. The summed E-state index contributed by atoms with van der Waals surface area (Å²) in [5.41, 5.74) is 8.23. The maximum atomic E-state index is 13.4. The first-order chi connectivity index (χ1) is 14.4. The van der Waals surface area contributed by atoms with Gasteiger partial charge >= 0.3 is 0 Å². The minimum Gasteiger partial charge on any atom is -0.365 e. The summed E-state index contributed by atoms with van der Waals surface area (Å²) in [7, 11) is 0. The number of pyridine rings is 1. The van der Waals surface area contributed by atoms with Crippen molar-refractivity contribution < 1.29 is 14.0 Å². The predicted octanol–water partition coefficient (Wildman–Crippen LogP) is 4.18. The number of benzene rings is 1. The Hall–Kier alpha value is -2.80. The summed E-state index contributed by atoms with van der Waals surface area (Å²) < 4.78 is 13.4. The molecule has 1 aromatic carbocycles. The fourth-order valence-electron chi connectivity index (χ4n) is 4.23. The van der Waals surface area contributed by atoms with Crippen molar-refractivity contribution in [3.8, 4) is 0 Å². The molecule has 0 bridgehead atoms. The van der Waals surface area contributed by atoms with Crippen LogP contribution in [0.25, 0.3) is 10.2 Å². The molecule has 1 atom stereocenters. The number of aromatic nitrogens is 1. The molecule has 1 aliphatic rings. The third-order valence-corrected chi connectivity index (χ3v) is 6.90. The summed E-state index contributed by atoms with van der Waals surface area (Å²) in [4.78, 5) is 32.3. The van der Waals surface area contributed by atoms with E-state index in [1.54, 1.807) is 19.2 Å². The van der Waals surface area contributed by atoms with Crippen LogP contribution in [0.3, 0.4) is 0 Å². The van der Waals surface area contributed by atoms with Gasteiger partial charge in [0.05, 0.1) is 4.88 Å². The highest BCUT2D eigenvalue weighted by Crippen LogP contribution is 2.39. The topological polar surface area (TPSA) is 76.3 Å². The van der Waals surface area contributed by atoms with Gasteiger partial charge in [-0.15, -0.1) is 11.3 Å². The molecule has 30 heavy (non-hydrogen) atoms. The molecule has 0 radical (unpaired) electrons. The van der Waals surface area contributed by atoms with Crippen LogP contribution in [0.4, 0.5) is 4.39 Å². The standard InChI is InChI=1S/C23H24FN3O2S/c1-14-12-15(7-8-18(14)24)4-2-6-19(28)27-11-9-16(13-27)20-17-5-3-10-26-23(17)30-21(20)22(25)29/h3,5,7-8,10,12,16H,2,4,6,9,11,13H2,1H3,(H2,25,29)/t16-/m0/s1. The van der Waals surface area contributed by atoms with Crippen LogP contribution >= 0.6 is 11.3 Å². The fraction of sp³-hybridized carbons (Fsp3) is 0.348. The maximum absolute atomic E-state index is 13.4. The molecule has 156 valence electrons. The minimum atomic E-state index is -0.438. The second-order valence-corrected chi connectivity index (χ2v) is 8.83. The van der Waals surface area contributed by atoms with E-state index in [-0.39, 0.29) is 17.6 Å². The van der Waals surface area contributed by atoms with Gasteiger partial charge in [-0.2, -0.15) is 0 Å². The molecule has 1 fully saturated rings. The van der Waals surface area contributed by atoms with E-state index in [1.165, 1.54) is 17.4 Å². The Morgan fingerprint density at radius 2 is 2.17 bits per heavy atom. The van der Waals surface area contributed by atoms with Gasteiger partial charge in [-0.3, -0.25) is 9.59 Å². The normalized spacial score (nSPS) is 16.3. The fourth-order valence-corrected chi connectivity index (χ4v) is 5.31. The van der Waals surface area contributed by atoms with Crippen molar-refractivity contribution in [1.82, 2.24) is 9.88 Å². The first-order valence-corrected chi connectivity index (χ1v) is 11.0. The van der Waals surface area contributed by atoms with Crippen molar-refractivity contribution in [3.05, 3.63) is 63.9 Å². The molecule has 4 rings (SSSR count). The van der Waals surface area contributed by atoms with Crippen LogP contribution in [0.5, 0.6) is 0 Å². The van der Waals surface area contributed by atoms with E-state index in [0.717, 1.165) is 40.6 Å². The third-order valence-electron chi connectivity index (χ3n) is 5.76. The molecule has 5 nitrogen and oxygen atoms in total. The van der Waals surface area contributed by atoms with Crippen molar-refractivity contribution in [1.29, 1.82) is 0 Å². The molecule has 2 amide bonds. The van der Waals surface area contributed by atoms with Gasteiger partial charge in [0.1, 0.15) is 10.6 Å². The lowest BCUT2D eigenvalue weighted by Crippen LogP contribution is -2.28. The summed E-state index contributed by atoms with van der Waals surface area (Å²) in [6.45, 7) is 3.02. The summed E-state index contributed by atoms with van der Waals surface area (Å²) in [6.07, 6.45) is 4.45. The van der Waals surface area contributed by atoms with Crippen LogP contribution in [0.15, 0.2) is 36.5 Å². The SMILES string of the molecule is Cc1cc(CCCC(=O)N2CC[C@H](c3c(C(N)=O)sc4ncccc34)C2)ccc1F. The number of rotatable bonds is 6. The number of carbonyl (C=O) groups is 2. The highest BCUT2D eigenvalue weighted by Gasteiger charge is 2.32. The zero-order valence-corrected chi connectivity index (χ0v) is 17.7. The molecular formula is C23H24FN3O2S. The number of carbonyl (C=O) groups excluding carboxylic acids is 2. The van der Waals surface area contributed by atoms with Crippen molar-refractivity contribution in [2.45, 2.75) is 38.5 Å². The van der Waals surface area contributed by atoms with E-state index in [4.69, 9.17) is 5.73 Å². The molecule has 7 heteroatoms. The molecule has 2 N–H and O–H groups in total. The number of amides is 2. The largest absolute Gasteiger partial charge is 0.365 e. The van der Waals surface area contributed by atoms with Crippen molar-refractivity contribution >= 4 is 33.4 Å². The van der Waals surface area contributed by atoms with Crippen molar-refractivity contribution in [3.63, 3.8) is 0 Å². The minimum absolute atomic E-state index is 0.0918. The molecule has 3 aromatic rings. The van der Waals surface area contributed by atoms with Gasteiger partial charge in [0, 0.05) is 37.0 Å². The maximum Gasteiger partial charge on any atom is 0.259 e. The van der Waals surface area contributed by atoms with E-state index in [0.29, 0.717) is 30.0 Å². The lowest BCUT2D eigenvalue weighted by Gasteiger charge is -2.17. The molecule has 3 heterocycles. The Labute approximate surface area is 178 Å². The van der Waals surface area contributed by atoms with Crippen LogP contribution in [0.1, 0.15) is 51.5 Å². The zero-order valence-electron chi connectivity index (χ0n) is 16.9. The third kappa shape index (κ3) is 4.07. The number of hydrogen-bond donors (Lipinski definition) is 1. The van der Waals surface area contributed by atoms with Crippen LogP contribution in [0, 0.1) is 12.7 Å². The Kier molecular flexibility index (Phi) is 5.81.